The van der Waals surface area contributed by atoms with Gasteiger partial charge in [-0.15, -0.1) is 0 Å². The van der Waals surface area contributed by atoms with Crippen molar-refractivity contribution in [3.8, 4) is 39.7 Å². The molecule has 10 heteroatoms. The number of pyridine rings is 3. The quantitative estimate of drug-likeness (QED) is 0.331. The van der Waals surface area contributed by atoms with Crippen molar-refractivity contribution in [2.75, 3.05) is 27.2 Å². The molecule has 0 aliphatic rings. The molecule has 1 aromatic carbocycles. The molecule has 9 nitrogen and oxygen atoms in total. The van der Waals surface area contributed by atoms with Crippen molar-refractivity contribution in [3.05, 3.63) is 73.1 Å². The Bertz CT molecular complexity index is 1720. The number of imidazole rings is 1. The molecule has 0 bridgehead atoms. The van der Waals surface area contributed by atoms with E-state index in [0.717, 1.165) is 34.4 Å². The molecule has 0 unspecified atom stereocenters. The van der Waals surface area contributed by atoms with E-state index >= 15 is 0 Å². The molecule has 0 fully saturated rings. The van der Waals surface area contributed by atoms with Gasteiger partial charge < -0.3 is 14.6 Å². The summed E-state index contributed by atoms with van der Waals surface area (Å²) in [4.78, 5) is 23.7. The summed E-state index contributed by atoms with van der Waals surface area (Å²) in [6, 6.07) is 12.1. The fourth-order valence-electron chi connectivity index (χ4n) is 4.12. The third kappa shape index (κ3) is 4.50. The summed E-state index contributed by atoms with van der Waals surface area (Å²) in [5.74, 6) is 0.903. The van der Waals surface area contributed by atoms with Gasteiger partial charge in [0.2, 0.25) is 0 Å². The number of likely N-dealkylation sites (N-methyl/N-ethyl adjacent to an activating group) is 1. The molecule has 6 rings (SSSR count). The van der Waals surface area contributed by atoms with E-state index in [-0.39, 0.29) is 5.82 Å². The molecule has 0 aliphatic heterocycles. The van der Waals surface area contributed by atoms with Gasteiger partial charge in [-0.05, 0) is 50.0 Å². The number of aromatic nitrogens is 7. The monoisotopic (exact) mass is 494 g/mol. The van der Waals surface area contributed by atoms with Crippen molar-refractivity contribution < 1.29 is 9.13 Å². The van der Waals surface area contributed by atoms with Gasteiger partial charge in [-0.3, -0.25) is 15.1 Å². The largest absolute Gasteiger partial charge is 0.491 e. The number of ether oxygens (including phenoxy) is 1. The number of benzene rings is 1. The van der Waals surface area contributed by atoms with Crippen LogP contribution in [0.1, 0.15) is 0 Å². The fraction of sp³-hybridized carbons (Fsp3) is 0.148. The normalized spacial score (nSPS) is 11.6. The number of hydrogen-bond acceptors (Lipinski definition) is 7. The van der Waals surface area contributed by atoms with Gasteiger partial charge in [0.05, 0.1) is 34.6 Å². The Balaban J connectivity index is 1.38. The molecule has 5 heterocycles. The smallest absolute Gasteiger partial charge is 0.161 e. The zero-order chi connectivity index (χ0) is 25.4. The maximum atomic E-state index is 13.9. The van der Waals surface area contributed by atoms with Crippen molar-refractivity contribution in [1.82, 2.24) is 40.0 Å². The minimum Gasteiger partial charge on any atom is -0.491 e. The average molecular weight is 495 g/mol. The highest BCUT2D eigenvalue weighted by Crippen LogP contribution is 2.31. The van der Waals surface area contributed by atoms with E-state index in [2.05, 4.69) is 30.0 Å². The second-order valence-electron chi connectivity index (χ2n) is 8.90. The van der Waals surface area contributed by atoms with E-state index in [1.54, 1.807) is 30.9 Å². The summed E-state index contributed by atoms with van der Waals surface area (Å²) in [5, 5.41) is 7.51. The molecule has 0 saturated carbocycles. The molecule has 0 radical (unpaired) electrons. The predicted molar refractivity (Wildman–Crippen MR) is 139 cm³/mol. The minimum atomic E-state index is -0.318. The van der Waals surface area contributed by atoms with E-state index in [1.807, 2.05) is 38.4 Å². The molecule has 37 heavy (non-hydrogen) atoms. The number of hydrogen-bond donors (Lipinski definition) is 2. The lowest BCUT2D eigenvalue weighted by Crippen LogP contribution is -2.19. The maximum absolute atomic E-state index is 13.9. The van der Waals surface area contributed by atoms with E-state index in [9.17, 15) is 4.39 Å². The van der Waals surface area contributed by atoms with Crippen LogP contribution in [0.4, 0.5) is 4.39 Å². The number of fused-ring (bicyclic) bond motifs is 2. The third-order valence-corrected chi connectivity index (χ3v) is 5.98. The van der Waals surface area contributed by atoms with E-state index < -0.39 is 0 Å². The van der Waals surface area contributed by atoms with Gasteiger partial charge in [-0.25, -0.2) is 14.4 Å². The van der Waals surface area contributed by atoms with Gasteiger partial charge >= 0.3 is 0 Å². The van der Waals surface area contributed by atoms with Gasteiger partial charge in [0.15, 0.2) is 11.5 Å². The molecule has 0 saturated heterocycles. The summed E-state index contributed by atoms with van der Waals surface area (Å²) in [5.41, 5.74) is 6.39. The van der Waals surface area contributed by atoms with Gasteiger partial charge in [-0.1, -0.05) is 12.1 Å². The Kier molecular flexibility index (Phi) is 5.78. The number of aromatic amines is 2. The summed E-state index contributed by atoms with van der Waals surface area (Å²) >= 11 is 0. The summed E-state index contributed by atoms with van der Waals surface area (Å²) in [6.07, 6.45) is 6.82. The van der Waals surface area contributed by atoms with Crippen LogP contribution in [-0.4, -0.2) is 67.3 Å². The SMILES string of the molecule is CN(C)CCOc1cncc(-c2ccc3[nH]nc(-c4nc5c(-c6cccc(F)c6)cncc5[nH]4)c3n2)c1. The van der Waals surface area contributed by atoms with Crippen LogP contribution in [0.25, 0.3) is 56.0 Å². The van der Waals surface area contributed by atoms with E-state index in [4.69, 9.17) is 14.7 Å². The lowest BCUT2D eigenvalue weighted by Gasteiger charge is -2.11. The number of rotatable bonds is 7. The second-order valence-corrected chi connectivity index (χ2v) is 8.90. The van der Waals surface area contributed by atoms with Crippen molar-refractivity contribution in [2.24, 2.45) is 0 Å². The minimum absolute atomic E-state index is 0.318. The first kappa shape index (κ1) is 22.7. The lowest BCUT2D eigenvalue weighted by atomic mass is 10.1. The Morgan fingerprint density at radius 3 is 2.65 bits per heavy atom. The highest BCUT2D eigenvalue weighted by molar-refractivity contribution is 5.95. The Morgan fingerprint density at radius 2 is 1.78 bits per heavy atom. The van der Waals surface area contributed by atoms with Crippen LogP contribution < -0.4 is 4.74 Å². The highest BCUT2D eigenvalue weighted by atomic mass is 19.1. The zero-order valence-corrected chi connectivity index (χ0v) is 20.2. The van der Waals surface area contributed by atoms with Gasteiger partial charge in [0, 0.05) is 30.1 Å². The standard InChI is InChI=1S/C27H23FN8O/c1-36(2)8-9-37-19-11-17(12-29-13-19)21-6-7-22-25(31-21)26(35-34-22)27-32-23-15-30-14-20(24(23)33-27)16-4-3-5-18(28)10-16/h3-7,10-15H,8-9H2,1-2H3,(H,32,33)(H,34,35). The van der Waals surface area contributed by atoms with E-state index in [1.165, 1.54) is 12.1 Å². The van der Waals surface area contributed by atoms with E-state index in [0.29, 0.717) is 40.5 Å². The summed E-state index contributed by atoms with van der Waals surface area (Å²) < 4.78 is 19.7. The molecule has 0 spiro atoms. The fourth-order valence-corrected chi connectivity index (χ4v) is 4.12. The van der Waals surface area contributed by atoms with Crippen LogP contribution in [0.5, 0.6) is 5.75 Å². The van der Waals surface area contributed by atoms with Crippen LogP contribution >= 0.6 is 0 Å². The molecule has 0 aliphatic carbocycles. The lowest BCUT2D eigenvalue weighted by molar-refractivity contribution is 0.261. The molecule has 0 amide bonds. The first-order chi connectivity index (χ1) is 18.0. The van der Waals surface area contributed by atoms with Crippen molar-refractivity contribution >= 4 is 22.1 Å². The second kappa shape index (κ2) is 9.40. The van der Waals surface area contributed by atoms with Crippen LogP contribution in [0.15, 0.2) is 67.3 Å². The topological polar surface area (TPSA) is 109 Å². The van der Waals surface area contributed by atoms with Crippen LogP contribution in [0, 0.1) is 5.82 Å². The average Bonchev–Trinajstić information content (AvgIpc) is 3.52. The van der Waals surface area contributed by atoms with Gasteiger partial charge in [0.1, 0.15) is 23.7 Å². The Morgan fingerprint density at radius 1 is 0.892 bits per heavy atom. The number of halogens is 1. The predicted octanol–water partition coefficient (Wildman–Crippen LogP) is 4.70. The summed E-state index contributed by atoms with van der Waals surface area (Å²) in [7, 11) is 4.00. The molecule has 5 aromatic heterocycles. The number of nitrogens with one attached hydrogen (secondary N) is 2. The Hall–Kier alpha value is -4.70. The molecule has 2 N–H and O–H groups in total. The molecular formula is C27H23FN8O. The highest BCUT2D eigenvalue weighted by Gasteiger charge is 2.17. The molecule has 0 atom stereocenters. The number of H-pyrrole nitrogens is 2. The Labute approximate surface area is 211 Å². The van der Waals surface area contributed by atoms with Gasteiger partial charge in [0.25, 0.3) is 0 Å². The summed E-state index contributed by atoms with van der Waals surface area (Å²) in [6.45, 7) is 1.37. The zero-order valence-electron chi connectivity index (χ0n) is 20.2. The molecule has 184 valence electrons. The first-order valence-corrected chi connectivity index (χ1v) is 11.7. The number of nitrogens with zero attached hydrogens (tertiary/aromatic N) is 6. The molecular weight excluding hydrogens is 471 g/mol. The van der Waals surface area contributed by atoms with Crippen LogP contribution in [0.3, 0.4) is 0 Å². The van der Waals surface area contributed by atoms with Gasteiger partial charge in [-0.2, -0.15) is 5.10 Å². The van der Waals surface area contributed by atoms with Crippen molar-refractivity contribution in [1.29, 1.82) is 0 Å². The van der Waals surface area contributed by atoms with Crippen molar-refractivity contribution in [3.63, 3.8) is 0 Å². The third-order valence-electron chi connectivity index (χ3n) is 5.98. The van der Waals surface area contributed by atoms with Crippen LogP contribution in [0.2, 0.25) is 0 Å². The van der Waals surface area contributed by atoms with Crippen molar-refractivity contribution in [2.45, 2.75) is 0 Å². The van der Waals surface area contributed by atoms with Crippen LogP contribution in [-0.2, 0) is 0 Å². The maximum Gasteiger partial charge on any atom is 0.161 e. The first-order valence-electron chi connectivity index (χ1n) is 11.7. The molecule has 6 aromatic rings.